The maximum Gasteiger partial charge on any atom is 0.410 e. The van der Waals surface area contributed by atoms with E-state index in [1.807, 2.05) is 20.8 Å². The van der Waals surface area contributed by atoms with Crippen molar-refractivity contribution in [3.63, 3.8) is 0 Å². The van der Waals surface area contributed by atoms with E-state index in [1.54, 1.807) is 54.3 Å². The van der Waals surface area contributed by atoms with E-state index in [-0.39, 0.29) is 17.7 Å². The van der Waals surface area contributed by atoms with Gasteiger partial charge in [0.1, 0.15) is 5.60 Å². The summed E-state index contributed by atoms with van der Waals surface area (Å²) in [5.74, 6) is -0.720. The van der Waals surface area contributed by atoms with Crippen molar-refractivity contribution in [2.45, 2.75) is 46.3 Å². The van der Waals surface area contributed by atoms with Gasteiger partial charge < -0.3 is 54.6 Å². The lowest BCUT2D eigenvalue weighted by Gasteiger charge is -2.24. The molecule has 2 aromatic rings. The normalized spacial score (nSPS) is 13.8. The summed E-state index contributed by atoms with van der Waals surface area (Å²) < 4.78 is 32.5. The molecule has 3 rings (SSSR count). The molecule has 0 bridgehead atoms. The van der Waals surface area contributed by atoms with Gasteiger partial charge in [0.25, 0.3) is 5.91 Å². The number of nitrogens with one attached hydrogen (secondary N) is 4. The second-order valence-corrected chi connectivity index (χ2v) is 13.7. The van der Waals surface area contributed by atoms with Crippen LogP contribution in [0.5, 0.6) is 0 Å². The van der Waals surface area contributed by atoms with Gasteiger partial charge >= 0.3 is 12.1 Å². The molecule has 0 aromatic heterocycles. The van der Waals surface area contributed by atoms with E-state index < -0.39 is 17.7 Å². The first kappa shape index (κ1) is 45.4. The van der Waals surface area contributed by atoms with E-state index in [0.717, 1.165) is 5.56 Å². The highest BCUT2D eigenvalue weighted by Gasteiger charge is 2.33. The molecular formula is C38H56N8O10. The van der Waals surface area contributed by atoms with E-state index in [4.69, 9.17) is 34.0 Å². The van der Waals surface area contributed by atoms with Gasteiger partial charge in [0.05, 0.1) is 72.0 Å². The molecule has 5 amide bonds. The van der Waals surface area contributed by atoms with Crippen molar-refractivity contribution in [1.29, 1.82) is 0 Å². The quantitative estimate of drug-likeness (QED) is 0.0500. The molecule has 0 spiro atoms. The number of ether oxygens (including phenoxy) is 6. The molecule has 1 aliphatic rings. The van der Waals surface area contributed by atoms with Crippen LogP contribution in [0.3, 0.4) is 0 Å². The fourth-order valence-electron chi connectivity index (χ4n) is 5.27. The van der Waals surface area contributed by atoms with Crippen molar-refractivity contribution in [3.8, 4) is 0 Å². The molecule has 308 valence electrons. The van der Waals surface area contributed by atoms with Crippen molar-refractivity contribution in [2.75, 3.05) is 103 Å². The fourth-order valence-corrected chi connectivity index (χ4v) is 5.27. The lowest BCUT2D eigenvalue weighted by molar-refractivity contribution is -0.124. The summed E-state index contributed by atoms with van der Waals surface area (Å²) in [4.78, 5) is 54.9. The Morgan fingerprint density at radius 1 is 0.821 bits per heavy atom. The molecule has 0 aliphatic carbocycles. The van der Waals surface area contributed by atoms with E-state index in [0.29, 0.717) is 128 Å². The lowest BCUT2D eigenvalue weighted by Crippen LogP contribution is -2.37. The Kier molecular flexibility index (Phi) is 20.5. The van der Waals surface area contributed by atoms with Crippen LogP contribution in [0.15, 0.2) is 47.6 Å². The number of carbonyl (C=O) groups is 4. The first-order valence-corrected chi connectivity index (χ1v) is 18.7. The molecule has 0 saturated carbocycles. The fraction of sp³-hybridized carbons (Fsp3) is 0.579. The largest absolute Gasteiger partial charge is 0.444 e. The number of carbonyl (C=O) groups excluding carboxylic acids is 4. The van der Waals surface area contributed by atoms with Gasteiger partial charge in [-0.3, -0.25) is 9.59 Å². The average Bonchev–Trinajstić information content (AvgIpc) is 3.67. The van der Waals surface area contributed by atoms with E-state index in [1.165, 1.54) is 0 Å². The molecule has 2 aromatic carbocycles. The average molecular weight is 785 g/mol. The minimum absolute atomic E-state index is 0.127. The minimum Gasteiger partial charge on any atom is -0.444 e. The Balaban J connectivity index is 1.25. The zero-order valence-electron chi connectivity index (χ0n) is 32.8. The third-order valence-electron chi connectivity index (χ3n) is 8.13. The van der Waals surface area contributed by atoms with Crippen LogP contribution in [0, 0.1) is 12.8 Å². The maximum atomic E-state index is 12.9. The lowest BCUT2D eigenvalue weighted by atomic mass is 10.1. The molecule has 4 N–H and O–H groups in total. The van der Waals surface area contributed by atoms with Gasteiger partial charge in [-0.05, 0) is 75.0 Å². The number of hydrogen-bond donors (Lipinski definition) is 4. The first-order chi connectivity index (χ1) is 27.0. The third kappa shape index (κ3) is 18.1. The van der Waals surface area contributed by atoms with E-state index >= 15 is 0 Å². The minimum atomic E-state index is -0.594. The monoisotopic (exact) mass is 784 g/mol. The number of hydrogen-bond acceptors (Lipinski definition) is 11. The maximum absolute atomic E-state index is 12.9. The van der Waals surface area contributed by atoms with Crippen LogP contribution in [0.4, 0.5) is 21.0 Å². The molecule has 1 heterocycles. The molecule has 1 fully saturated rings. The molecule has 1 saturated heterocycles. The summed E-state index contributed by atoms with van der Waals surface area (Å²) in [6.45, 7) is 12.9. The summed E-state index contributed by atoms with van der Waals surface area (Å²) in [5, 5.41) is 14.7. The number of urea groups is 1. The molecule has 0 radical (unpaired) electrons. The zero-order valence-corrected chi connectivity index (χ0v) is 32.8. The van der Waals surface area contributed by atoms with Gasteiger partial charge in [-0.2, -0.15) is 0 Å². The Morgan fingerprint density at radius 2 is 1.43 bits per heavy atom. The van der Waals surface area contributed by atoms with Gasteiger partial charge in [-0.25, -0.2) is 9.59 Å². The molecular weight excluding hydrogens is 728 g/mol. The molecule has 1 aliphatic heterocycles. The molecule has 0 unspecified atom stereocenters. The Hall–Kier alpha value is -4.97. The van der Waals surface area contributed by atoms with Gasteiger partial charge in [-0.15, -0.1) is 0 Å². The van der Waals surface area contributed by atoms with Gasteiger partial charge in [0.15, 0.2) is 0 Å². The summed E-state index contributed by atoms with van der Waals surface area (Å²) in [6, 6.07) is 11.7. The number of amides is 5. The number of azide groups is 1. The number of nitrogens with zero attached hydrogens (tertiary/aromatic N) is 4. The van der Waals surface area contributed by atoms with Gasteiger partial charge in [0.2, 0.25) is 5.91 Å². The van der Waals surface area contributed by atoms with Crippen LogP contribution < -0.4 is 21.3 Å². The first-order valence-electron chi connectivity index (χ1n) is 18.7. The third-order valence-corrected chi connectivity index (χ3v) is 8.13. The van der Waals surface area contributed by atoms with Crippen molar-refractivity contribution in [1.82, 2.24) is 15.5 Å². The molecule has 56 heavy (non-hydrogen) atoms. The van der Waals surface area contributed by atoms with E-state index in [2.05, 4.69) is 31.3 Å². The summed E-state index contributed by atoms with van der Waals surface area (Å²) in [6.07, 6.45) is 0.159. The van der Waals surface area contributed by atoms with Crippen molar-refractivity contribution in [3.05, 3.63) is 69.6 Å². The second-order valence-electron chi connectivity index (χ2n) is 13.7. The van der Waals surface area contributed by atoms with Crippen molar-refractivity contribution in [2.24, 2.45) is 11.0 Å². The van der Waals surface area contributed by atoms with Gasteiger partial charge in [0, 0.05) is 54.6 Å². The van der Waals surface area contributed by atoms with Crippen LogP contribution in [-0.2, 0) is 39.8 Å². The van der Waals surface area contributed by atoms with Crippen LogP contribution in [0.1, 0.15) is 48.7 Å². The Bertz CT molecular complexity index is 1580. The predicted octanol–water partition coefficient (Wildman–Crippen LogP) is 4.64. The van der Waals surface area contributed by atoms with E-state index in [9.17, 15) is 19.2 Å². The Morgan fingerprint density at radius 3 is 2.04 bits per heavy atom. The molecule has 18 nitrogen and oxygen atoms in total. The van der Waals surface area contributed by atoms with Crippen molar-refractivity contribution < 1.29 is 47.6 Å². The van der Waals surface area contributed by atoms with Crippen molar-refractivity contribution >= 4 is 35.3 Å². The predicted molar refractivity (Wildman–Crippen MR) is 208 cm³/mol. The van der Waals surface area contributed by atoms with Crippen LogP contribution in [0.2, 0.25) is 0 Å². The van der Waals surface area contributed by atoms with Gasteiger partial charge in [-0.1, -0.05) is 23.3 Å². The highest BCUT2D eigenvalue weighted by molar-refractivity contribution is 6.02. The standard InChI is InChI=1S/C38H56N8O10/c1-28-32(35(48)40-13-16-51-18-20-53-22-24-55-25-23-54-21-19-52-17-14-42-45-39)6-5-7-33(28)44-36(49)43-31-10-8-29(9-11-31)26-41-34(47)30-12-15-46(27-30)37(50)56-38(2,3)4/h5-11,30H,12-27H2,1-4H3,(H,40,48)(H,41,47)(H2,43,44,49)/t30-/m0/s1. The summed E-state index contributed by atoms with van der Waals surface area (Å²) in [7, 11) is 0. The SMILES string of the molecule is Cc1c(NC(=O)Nc2ccc(CNC(=O)[C@H]3CCN(C(=O)OC(C)(C)C)C3)cc2)cccc1C(=O)NCCOCCOCCOCCOCCOCCN=[N+]=[N-]. The summed E-state index contributed by atoms with van der Waals surface area (Å²) in [5.41, 5.74) is 10.5. The number of benzene rings is 2. The topological polar surface area (TPSA) is 224 Å². The highest BCUT2D eigenvalue weighted by Crippen LogP contribution is 2.21. The molecule has 1 atom stereocenters. The second kappa shape index (κ2) is 25.2. The highest BCUT2D eigenvalue weighted by atomic mass is 16.6. The molecule has 18 heteroatoms. The van der Waals surface area contributed by atoms with Crippen LogP contribution >= 0.6 is 0 Å². The van der Waals surface area contributed by atoms with Crippen LogP contribution in [0.25, 0.3) is 10.4 Å². The number of anilines is 2. The summed E-state index contributed by atoms with van der Waals surface area (Å²) >= 11 is 0. The Labute approximate surface area is 327 Å². The number of rotatable bonds is 24. The zero-order chi connectivity index (χ0) is 40.6. The van der Waals surface area contributed by atoms with Crippen LogP contribution in [-0.4, -0.2) is 127 Å². The smallest absolute Gasteiger partial charge is 0.410 e. The number of likely N-dealkylation sites (tertiary alicyclic amines) is 1.